The molecule has 0 bridgehead atoms. The van der Waals surface area contributed by atoms with Crippen LogP contribution < -0.4 is 0 Å². The van der Waals surface area contributed by atoms with Crippen LogP contribution in [0, 0.1) is 0 Å². The number of hydrogen-bond donors (Lipinski definition) is 0. The molecule has 0 heterocycles. The van der Waals surface area contributed by atoms with Crippen LogP contribution in [0.2, 0.25) is 0 Å². The minimum absolute atomic E-state index is 1.08. The summed E-state index contributed by atoms with van der Waals surface area (Å²) >= 11 is 0. The second-order valence-electron chi connectivity index (χ2n) is 17.4. The van der Waals surface area contributed by atoms with Crippen LogP contribution in [0.5, 0.6) is 0 Å². The Morgan fingerprint density at radius 3 is 1.06 bits per heavy atom. The highest BCUT2D eigenvalue weighted by Crippen LogP contribution is 2.47. The van der Waals surface area contributed by atoms with Crippen molar-refractivity contribution in [3.63, 3.8) is 0 Å². The molecule has 1 aliphatic carbocycles. The van der Waals surface area contributed by atoms with Crippen LogP contribution in [0.1, 0.15) is 18.4 Å². The molecule has 0 spiro atoms. The van der Waals surface area contributed by atoms with Gasteiger partial charge in [-0.3, -0.25) is 0 Å². The standard InChI is InChI=1S/C64H42/c1-2-16-43(17-3-1)61-53-20-8-10-22-55(53)62(56-23-11-9-21-54(56)61)51-33-30-46-36-47(28-29-48(46)39-51)49-34-35-59-60(40-49)64(52-32-27-42-15-5-7-19-45(42)38-52)58-25-13-12-24-57(58)63(59)50-31-26-41-14-4-6-18-44(41)37-50/h2,4-40H,1,3H2. The first-order chi connectivity index (χ1) is 31.7. The van der Waals surface area contributed by atoms with Gasteiger partial charge in [0, 0.05) is 0 Å². The van der Waals surface area contributed by atoms with Gasteiger partial charge in [-0.2, -0.15) is 0 Å². The molecule has 1 aliphatic rings. The summed E-state index contributed by atoms with van der Waals surface area (Å²) in [7, 11) is 0. The third-order valence-corrected chi connectivity index (χ3v) is 13.8. The molecule has 12 aromatic rings. The lowest BCUT2D eigenvalue weighted by Gasteiger charge is -2.20. The van der Waals surface area contributed by atoms with E-state index in [9.17, 15) is 0 Å². The van der Waals surface area contributed by atoms with Gasteiger partial charge in [0.15, 0.2) is 0 Å². The molecule has 0 N–H and O–H groups in total. The van der Waals surface area contributed by atoms with E-state index in [0.29, 0.717) is 0 Å². The molecule has 0 heteroatoms. The molecule has 0 amide bonds. The van der Waals surface area contributed by atoms with Crippen molar-refractivity contribution in [2.45, 2.75) is 12.8 Å². The summed E-state index contributed by atoms with van der Waals surface area (Å²) in [5.41, 5.74) is 12.6. The van der Waals surface area contributed by atoms with E-state index in [-0.39, 0.29) is 0 Å². The van der Waals surface area contributed by atoms with Gasteiger partial charge in [-0.1, -0.05) is 200 Å². The monoisotopic (exact) mass is 810 g/mol. The van der Waals surface area contributed by atoms with Crippen LogP contribution in [-0.2, 0) is 0 Å². The average molecular weight is 811 g/mol. The number of rotatable bonds is 5. The summed E-state index contributed by atoms with van der Waals surface area (Å²) in [6, 6.07) is 79.4. The third-order valence-electron chi connectivity index (χ3n) is 13.8. The highest BCUT2D eigenvalue weighted by Gasteiger charge is 2.20. The maximum atomic E-state index is 2.45. The molecule has 298 valence electrons. The maximum Gasteiger partial charge on any atom is -0.00259 e. The molecule has 0 fully saturated rings. The summed E-state index contributed by atoms with van der Waals surface area (Å²) in [6.45, 7) is 0. The number of fused-ring (bicyclic) bond motifs is 7. The van der Waals surface area contributed by atoms with Gasteiger partial charge in [-0.05, 0) is 174 Å². The van der Waals surface area contributed by atoms with Crippen LogP contribution in [0.15, 0.2) is 231 Å². The fraction of sp³-hybridized carbons (Fsp3) is 0.0312. The molecular formula is C64H42. The molecule has 64 heavy (non-hydrogen) atoms. The van der Waals surface area contributed by atoms with Crippen molar-refractivity contribution in [3.05, 3.63) is 236 Å². The Bertz CT molecular complexity index is 3890. The Morgan fingerprint density at radius 2 is 0.578 bits per heavy atom. The van der Waals surface area contributed by atoms with Crippen LogP contribution in [0.4, 0.5) is 0 Å². The van der Waals surface area contributed by atoms with Gasteiger partial charge >= 0.3 is 0 Å². The summed E-state index contributed by atoms with van der Waals surface area (Å²) in [5, 5.41) is 17.7. The Labute approximate surface area is 372 Å². The van der Waals surface area contributed by atoms with Crippen LogP contribution >= 0.6 is 0 Å². The third kappa shape index (κ3) is 5.91. The highest BCUT2D eigenvalue weighted by atomic mass is 14.2. The van der Waals surface area contributed by atoms with E-state index in [4.69, 9.17) is 0 Å². The molecule has 13 rings (SSSR count). The minimum atomic E-state index is 1.08. The number of benzene rings is 12. The second-order valence-corrected chi connectivity index (χ2v) is 17.4. The van der Waals surface area contributed by atoms with E-state index in [1.807, 2.05) is 0 Å². The van der Waals surface area contributed by atoms with Crippen molar-refractivity contribution in [2.24, 2.45) is 0 Å². The van der Waals surface area contributed by atoms with Crippen molar-refractivity contribution >= 4 is 81.0 Å². The summed E-state index contributed by atoms with van der Waals surface area (Å²) in [4.78, 5) is 0. The molecule has 0 saturated heterocycles. The molecule has 12 aromatic carbocycles. The first-order valence-corrected chi connectivity index (χ1v) is 22.6. The average Bonchev–Trinajstić information content (AvgIpc) is 3.36. The topological polar surface area (TPSA) is 0 Å². The Kier molecular flexibility index (Phi) is 8.46. The number of hydrogen-bond acceptors (Lipinski definition) is 0. The van der Waals surface area contributed by atoms with Crippen LogP contribution in [0.25, 0.3) is 125 Å². The van der Waals surface area contributed by atoms with Gasteiger partial charge in [-0.15, -0.1) is 0 Å². The normalized spacial score (nSPS) is 12.9. The van der Waals surface area contributed by atoms with E-state index < -0.39 is 0 Å². The highest BCUT2D eigenvalue weighted by molar-refractivity contribution is 6.23. The lowest BCUT2D eigenvalue weighted by Crippen LogP contribution is -1.94. The molecular weight excluding hydrogens is 769 g/mol. The Morgan fingerprint density at radius 1 is 0.234 bits per heavy atom. The van der Waals surface area contributed by atoms with E-state index in [1.54, 1.807) is 0 Å². The van der Waals surface area contributed by atoms with Crippen molar-refractivity contribution in [2.75, 3.05) is 0 Å². The summed E-state index contributed by atoms with van der Waals surface area (Å²) in [6.07, 6.45) is 9.23. The van der Waals surface area contributed by atoms with Gasteiger partial charge in [0.25, 0.3) is 0 Å². The molecule has 0 nitrogen and oxygen atoms in total. The zero-order chi connectivity index (χ0) is 42.1. The minimum Gasteiger partial charge on any atom is -0.0836 e. The van der Waals surface area contributed by atoms with E-state index in [2.05, 4.69) is 231 Å². The summed E-state index contributed by atoms with van der Waals surface area (Å²) in [5.74, 6) is 0. The first-order valence-electron chi connectivity index (χ1n) is 22.6. The zero-order valence-electron chi connectivity index (χ0n) is 35.4. The van der Waals surface area contributed by atoms with Gasteiger partial charge in [0.1, 0.15) is 0 Å². The van der Waals surface area contributed by atoms with Gasteiger partial charge < -0.3 is 0 Å². The molecule has 0 unspecified atom stereocenters. The van der Waals surface area contributed by atoms with E-state index in [1.165, 1.54) is 131 Å². The number of allylic oxidation sites excluding steroid dienone is 4. The molecule has 0 radical (unpaired) electrons. The lowest BCUT2D eigenvalue weighted by atomic mass is 9.84. The SMILES string of the molecule is C1=CC(c2c3ccccc3c(-c3ccc4cc(-c5ccc6c(-c7ccc8ccccc8c7)c7ccccc7c(-c7ccc8ccccc8c7)c6c5)ccc4c3)c3ccccc23)=CCC1. The maximum absolute atomic E-state index is 2.45. The summed E-state index contributed by atoms with van der Waals surface area (Å²) < 4.78 is 0. The fourth-order valence-electron chi connectivity index (χ4n) is 10.8. The molecule has 0 aliphatic heterocycles. The predicted octanol–water partition coefficient (Wildman–Crippen LogP) is 18.2. The van der Waals surface area contributed by atoms with Crippen molar-refractivity contribution < 1.29 is 0 Å². The van der Waals surface area contributed by atoms with Crippen molar-refractivity contribution in [1.29, 1.82) is 0 Å². The van der Waals surface area contributed by atoms with Gasteiger partial charge in [0.2, 0.25) is 0 Å². The molecule has 0 aromatic heterocycles. The zero-order valence-corrected chi connectivity index (χ0v) is 35.4. The van der Waals surface area contributed by atoms with Gasteiger partial charge in [-0.25, -0.2) is 0 Å². The lowest BCUT2D eigenvalue weighted by molar-refractivity contribution is 1.04. The van der Waals surface area contributed by atoms with Crippen LogP contribution in [0.3, 0.4) is 0 Å². The Hall–Kier alpha value is -8.06. The van der Waals surface area contributed by atoms with E-state index >= 15 is 0 Å². The first kappa shape index (κ1) is 36.6. The second kappa shape index (κ2) is 14.8. The largest absolute Gasteiger partial charge is 0.0836 e. The van der Waals surface area contributed by atoms with Gasteiger partial charge in [0.05, 0.1) is 0 Å². The van der Waals surface area contributed by atoms with Crippen molar-refractivity contribution in [3.8, 4) is 44.5 Å². The van der Waals surface area contributed by atoms with Crippen molar-refractivity contribution in [1.82, 2.24) is 0 Å². The van der Waals surface area contributed by atoms with Crippen LogP contribution in [-0.4, -0.2) is 0 Å². The quantitative estimate of drug-likeness (QED) is 0.152. The Balaban J connectivity index is 0.995. The fourth-order valence-corrected chi connectivity index (χ4v) is 10.8. The molecule has 0 atom stereocenters. The van der Waals surface area contributed by atoms with E-state index in [0.717, 1.165) is 12.8 Å². The predicted molar refractivity (Wildman–Crippen MR) is 277 cm³/mol. The molecule has 0 saturated carbocycles. The smallest absolute Gasteiger partial charge is 0.00259 e.